The largest absolute Gasteiger partial charge is 0.381 e. The van der Waals surface area contributed by atoms with Crippen molar-refractivity contribution >= 4 is 39.1 Å². The molecular formula is C8H5BrCl2F2O. The lowest BCUT2D eigenvalue weighted by Crippen LogP contribution is -2.18. The fourth-order valence-corrected chi connectivity index (χ4v) is 1.57. The Morgan fingerprint density at radius 3 is 2.43 bits per heavy atom. The molecule has 0 bridgehead atoms. The van der Waals surface area contributed by atoms with Crippen LogP contribution in [0.3, 0.4) is 0 Å². The first kappa shape index (κ1) is 12.2. The van der Waals surface area contributed by atoms with Crippen molar-refractivity contribution in [1.82, 2.24) is 0 Å². The van der Waals surface area contributed by atoms with E-state index in [-0.39, 0.29) is 15.6 Å². The lowest BCUT2D eigenvalue weighted by atomic mass is 10.1. The molecule has 0 amide bonds. The van der Waals surface area contributed by atoms with Gasteiger partial charge in [0, 0.05) is 5.56 Å². The highest BCUT2D eigenvalue weighted by Gasteiger charge is 2.37. The van der Waals surface area contributed by atoms with Crippen molar-refractivity contribution in [3.05, 3.63) is 33.8 Å². The van der Waals surface area contributed by atoms with Gasteiger partial charge in [0.25, 0.3) is 0 Å². The van der Waals surface area contributed by atoms with E-state index in [9.17, 15) is 13.9 Å². The van der Waals surface area contributed by atoms with Gasteiger partial charge in [0.2, 0.25) is 0 Å². The van der Waals surface area contributed by atoms with E-state index in [1.54, 1.807) is 0 Å². The van der Waals surface area contributed by atoms with Crippen LogP contribution in [0.25, 0.3) is 0 Å². The third-order valence-corrected chi connectivity index (χ3v) is 2.85. The van der Waals surface area contributed by atoms with Crippen molar-refractivity contribution in [2.24, 2.45) is 0 Å². The maximum atomic E-state index is 12.7. The summed E-state index contributed by atoms with van der Waals surface area (Å²) in [5.41, 5.74) is -0.110. The molecule has 1 aromatic rings. The Labute approximate surface area is 97.8 Å². The van der Waals surface area contributed by atoms with Gasteiger partial charge in [-0.15, -0.1) is 0 Å². The number of hydrogen-bond donors (Lipinski definition) is 1. The molecule has 1 aromatic carbocycles. The molecule has 0 aliphatic rings. The van der Waals surface area contributed by atoms with Crippen molar-refractivity contribution in [1.29, 1.82) is 0 Å². The first-order chi connectivity index (χ1) is 6.34. The van der Waals surface area contributed by atoms with Crippen LogP contribution in [0.4, 0.5) is 8.78 Å². The second kappa shape index (κ2) is 4.31. The van der Waals surface area contributed by atoms with E-state index in [0.29, 0.717) is 0 Å². The highest BCUT2D eigenvalue weighted by Crippen LogP contribution is 2.40. The fourth-order valence-electron chi connectivity index (χ4n) is 0.908. The number of hydrogen-bond acceptors (Lipinski definition) is 1. The molecule has 1 unspecified atom stereocenters. The number of rotatable bonds is 2. The molecule has 0 spiro atoms. The first-order valence-electron chi connectivity index (χ1n) is 3.52. The minimum Gasteiger partial charge on any atom is -0.381 e. The van der Waals surface area contributed by atoms with E-state index in [1.165, 1.54) is 18.2 Å². The second-order valence-electron chi connectivity index (χ2n) is 2.59. The van der Waals surface area contributed by atoms with Crippen LogP contribution in [0, 0.1) is 0 Å². The van der Waals surface area contributed by atoms with Crippen molar-refractivity contribution in [2.45, 2.75) is 10.9 Å². The molecule has 0 aliphatic carbocycles. The molecule has 1 N–H and O–H groups in total. The summed E-state index contributed by atoms with van der Waals surface area (Å²) in [6, 6.07) is 4.17. The van der Waals surface area contributed by atoms with Crippen LogP contribution < -0.4 is 0 Å². The van der Waals surface area contributed by atoms with Gasteiger partial charge in [0.05, 0.1) is 10.0 Å². The Balaban J connectivity index is 3.14. The van der Waals surface area contributed by atoms with E-state index in [0.717, 1.165) is 0 Å². The average molecular weight is 306 g/mol. The van der Waals surface area contributed by atoms with Crippen LogP contribution in [-0.2, 0) is 0 Å². The minimum absolute atomic E-state index is 0.0687. The number of aliphatic hydroxyl groups excluding tert-OH is 1. The summed E-state index contributed by atoms with van der Waals surface area (Å²) >= 11 is 13.3. The zero-order valence-electron chi connectivity index (χ0n) is 6.65. The van der Waals surface area contributed by atoms with Gasteiger partial charge in [-0.25, -0.2) is 0 Å². The van der Waals surface area contributed by atoms with Crippen LogP contribution in [0.15, 0.2) is 18.2 Å². The molecule has 0 aromatic heterocycles. The normalized spacial score (nSPS) is 14.1. The molecule has 14 heavy (non-hydrogen) atoms. The quantitative estimate of drug-likeness (QED) is 0.818. The molecule has 0 radical (unpaired) electrons. The molecule has 0 saturated heterocycles. The Morgan fingerprint density at radius 1 is 1.36 bits per heavy atom. The van der Waals surface area contributed by atoms with E-state index in [2.05, 4.69) is 15.9 Å². The minimum atomic E-state index is -3.43. The maximum Gasteiger partial charge on any atom is 0.330 e. The lowest BCUT2D eigenvalue weighted by molar-refractivity contribution is -0.0294. The summed E-state index contributed by atoms with van der Waals surface area (Å²) in [5.74, 6) is 0. The average Bonchev–Trinajstić information content (AvgIpc) is 2.07. The highest BCUT2D eigenvalue weighted by molar-refractivity contribution is 9.10. The molecule has 6 heteroatoms. The zero-order chi connectivity index (χ0) is 10.9. The van der Waals surface area contributed by atoms with Gasteiger partial charge in [0.15, 0.2) is 6.10 Å². The number of benzene rings is 1. The molecule has 1 nitrogen and oxygen atoms in total. The summed E-state index contributed by atoms with van der Waals surface area (Å²) in [5, 5.41) is 9.28. The molecular weight excluding hydrogens is 301 g/mol. The van der Waals surface area contributed by atoms with Gasteiger partial charge in [-0.05, 0) is 22.0 Å². The van der Waals surface area contributed by atoms with Gasteiger partial charge < -0.3 is 5.11 Å². The van der Waals surface area contributed by atoms with Crippen molar-refractivity contribution < 1.29 is 13.9 Å². The van der Waals surface area contributed by atoms with Crippen molar-refractivity contribution in [3.8, 4) is 0 Å². The number of aliphatic hydroxyl groups is 1. The summed E-state index contributed by atoms with van der Waals surface area (Å²) in [6.45, 7) is 0. The molecule has 0 saturated carbocycles. The predicted molar refractivity (Wildman–Crippen MR) is 55.3 cm³/mol. The maximum absolute atomic E-state index is 12.7. The first-order valence-corrected chi connectivity index (χ1v) is 5.07. The molecule has 78 valence electrons. The van der Waals surface area contributed by atoms with E-state index in [4.69, 9.17) is 23.2 Å². The van der Waals surface area contributed by atoms with Gasteiger partial charge in [-0.1, -0.05) is 35.3 Å². The SMILES string of the molecule is OC(c1cccc(Cl)c1Cl)C(F)(F)Br. The van der Waals surface area contributed by atoms with Crippen LogP contribution in [-0.4, -0.2) is 9.94 Å². The van der Waals surface area contributed by atoms with E-state index >= 15 is 0 Å². The smallest absolute Gasteiger partial charge is 0.330 e. The summed E-state index contributed by atoms with van der Waals surface area (Å²) in [6.07, 6.45) is -2.02. The monoisotopic (exact) mass is 304 g/mol. The van der Waals surface area contributed by atoms with Crippen LogP contribution in [0.5, 0.6) is 0 Å². The lowest BCUT2D eigenvalue weighted by Gasteiger charge is -2.18. The Hall–Kier alpha value is 0.1000. The van der Waals surface area contributed by atoms with Crippen LogP contribution in [0.2, 0.25) is 10.0 Å². The zero-order valence-corrected chi connectivity index (χ0v) is 9.74. The standard InChI is InChI=1S/C8H5BrCl2F2O/c9-8(12,13)7(14)4-2-1-3-5(10)6(4)11/h1-3,7,14H. The topological polar surface area (TPSA) is 20.2 Å². The summed E-state index contributed by atoms with van der Waals surface area (Å²) < 4.78 is 25.4. The van der Waals surface area contributed by atoms with Gasteiger partial charge >= 0.3 is 4.83 Å². The Bertz CT molecular complexity index is 341. The number of halogens is 5. The molecule has 1 rings (SSSR count). The highest BCUT2D eigenvalue weighted by atomic mass is 79.9. The summed E-state index contributed by atoms with van der Waals surface area (Å²) in [4.78, 5) is -3.43. The third kappa shape index (κ3) is 2.57. The summed E-state index contributed by atoms with van der Waals surface area (Å²) in [7, 11) is 0. The van der Waals surface area contributed by atoms with E-state index in [1.807, 2.05) is 0 Å². The number of alkyl halides is 3. The van der Waals surface area contributed by atoms with Crippen LogP contribution in [0.1, 0.15) is 11.7 Å². The van der Waals surface area contributed by atoms with Gasteiger partial charge in [0.1, 0.15) is 0 Å². The van der Waals surface area contributed by atoms with Crippen molar-refractivity contribution in [3.63, 3.8) is 0 Å². The molecule has 1 atom stereocenters. The Morgan fingerprint density at radius 2 is 1.93 bits per heavy atom. The van der Waals surface area contributed by atoms with Gasteiger partial charge in [-0.3, -0.25) is 0 Å². The molecule has 0 aliphatic heterocycles. The van der Waals surface area contributed by atoms with E-state index < -0.39 is 10.9 Å². The predicted octanol–water partition coefficient (Wildman–Crippen LogP) is 4.01. The van der Waals surface area contributed by atoms with Gasteiger partial charge in [-0.2, -0.15) is 8.78 Å². The molecule has 0 heterocycles. The van der Waals surface area contributed by atoms with Crippen molar-refractivity contribution in [2.75, 3.05) is 0 Å². The fraction of sp³-hybridized carbons (Fsp3) is 0.250. The Kier molecular flexibility index (Phi) is 3.75. The van der Waals surface area contributed by atoms with Crippen LogP contribution >= 0.6 is 39.1 Å². The third-order valence-electron chi connectivity index (χ3n) is 1.59. The molecule has 0 fully saturated rings. The second-order valence-corrected chi connectivity index (χ2v) is 4.43.